The van der Waals surface area contributed by atoms with Gasteiger partial charge in [0.05, 0.1) is 4.90 Å². The van der Waals surface area contributed by atoms with Crippen molar-refractivity contribution >= 4 is 82.9 Å². The molecule has 0 aliphatic rings. The van der Waals surface area contributed by atoms with Crippen molar-refractivity contribution in [3.8, 4) is 0 Å². The second-order valence-electron chi connectivity index (χ2n) is 1.93. The number of hydrogen-bond donors (Lipinski definition) is 1. The first kappa shape index (κ1) is 13.5. The van der Waals surface area contributed by atoms with Crippen molar-refractivity contribution in [2.45, 2.75) is 4.90 Å². The van der Waals surface area contributed by atoms with Crippen LogP contribution in [0.25, 0.3) is 0 Å². The monoisotopic (exact) mass is 247 g/mol. The smallest absolute Gasteiger partial charge is 0.171 e. The van der Waals surface area contributed by atoms with Crippen molar-refractivity contribution < 1.29 is 8.76 Å². The van der Waals surface area contributed by atoms with Crippen LogP contribution < -0.4 is 0 Å². The Morgan fingerprint density at radius 2 is 1.75 bits per heavy atom. The Morgan fingerprint density at radius 3 is 2.08 bits per heavy atom. The normalized spacial score (nSPS) is 14.5. The molecule has 0 saturated carbocycles. The minimum Gasteiger partial charge on any atom is -0.302 e. The molecule has 0 bridgehead atoms. The van der Waals surface area contributed by atoms with Crippen molar-refractivity contribution in [3.05, 3.63) is 29.3 Å². The topological polar surface area (TPSA) is 37.3 Å². The van der Waals surface area contributed by atoms with E-state index in [9.17, 15) is 4.21 Å². The minimum atomic E-state index is -3.24. The summed E-state index contributed by atoms with van der Waals surface area (Å²) in [6, 6.07) is 5.94. The molecule has 61 valence electrons. The Kier molecular flexibility index (Phi) is 6.04. The van der Waals surface area contributed by atoms with Gasteiger partial charge in [-0.1, -0.05) is 11.6 Å². The molecule has 0 saturated heterocycles. The third-order valence-corrected chi connectivity index (χ3v) is 2.81. The predicted octanol–water partition coefficient (Wildman–Crippen LogP) is 1.54. The molecule has 0 heterocycles. The molecule has 1 aromatic carbocycles. The van der Waals surface area contributed by atoms with Crippen molar-refractivity contribution in [3.63, 3.8) is 0 Å². The Hall–Kier alpha value is 1.48. The van der Waals surface area contributed by atoms with Gasteiger partial charge in [-0.3, -0.25) is 0 Å². The van der Waals surface area contributed by atoms with E-state index in [1.165, 1.54) is 24.3 Å². The second kappa shape index (κ2) is 5.38. The average molecular weight is 248 g/mol. The van der Waals surface area contributed by atoms with Crippen molar-refractivity contribution in [1.82, 2.24) is 0 Å². The van der Waals surface area contributed by atoms with Gasteiger partial charge in [0.25, 0.3) is 0 Å². The van der Waals surface area contributed by atoms with E-state index >= 15 is 0 Å². The Morgan fingerprint density at radius 1 is 1.33 bits per heavy atom. The van der Waals surface area contributed by atoms with Crippen LogP contribution in [-0.4, -0.2) is 60.1 Å². The first-order chi connectivity index (χ1) is 5.00. The zero-order valence-electron chi connectivity index (χ0n) is 6.36. The third kappa shape index (κ3) is 4.12. The van der Waals surface area contributed by atoms with Crippen molar-refractivity contribution in [1.29, 1.82) is 0 Å². The largest absolute Gasteiger partial charge is 0.302 e. The van der Waals surface area contributed by atoms with Crippen LogP contribution in [0.15, 0.2) is 29.2 Å². The summed E-state index contributed by atoms with van der Waals surface area (Å²) < 4.78 is 19.7. The summed E-state index contributed by atoms with van der Waals surface area (Å²) >= 11 is 9.89. The van der Waals surface area contributed by atoms with Gasteiger partial charge in [0.2, 0.25) is 0 Å². The van der Waals surface area contributed by atoms with E-state index in [0.717, 1.165) is 0 Å². The summed E-state index contributed by atoms with van der Waals surface area (Å²) in [7, 11) is -3.24. The Labute approximate surface area is 124 Å². The molecule has 1 rings (SSSR count). The molecular weight excluding hydrogens is 243 g/mol. The van der Waals surface area contributed by atoms with Gasteiger partial charge >= 0.3 is 0 Å². The first-order valence-corrected chi connectivity index (χ1v) is 5.55. The van der Waals surface area contributed by atoms with Gasteiger partial charge < -0.3 is 4.55 Å². The zero-order valence-corrected chi connectivity index (χ0v) is 11.9. The van der Waals surface area contributed by atoms with Gasteiger partial charge in [0, 0.05) is 67.6 Å². The molecule has 1 N–H and O–H groups in total. The van der Waals surface area contributed by atoms with Gasteiger partial charge in [-0.2, -0.15) is 0 Å². The van der Waals surface area contributed by atoms with E-state index in [-0.39, 0.29) is 56.3 Å². The summed E-state index contributed by atoms with van der Waals surface area (Å²) in [6.07, 6.45) is 0. The van der Waals surface area contributed by atoms with Crippen molar-refractivity contribution in [2.75, 3.05) is 0 Å². The summed E-state index contributed by atoms with van der Waals surface area (Å²) in [4.78, 5) is 0.219. The number of rotatable bonds is 1. The molecule has 0 spiro atoms. The van der Waals surface area contributed by atoms with Gasteiger partial charge in [-0.25, -0.2) is 4.21 Å². The van der Waals surface area contributed by atoms with Crippen LogP contribution >= 0.6 is 11.6 Å². The summed E-state index contributed by atoms with van der Waals surface area (Å²) in [6.45, 7) is 0. The number of hydrogen-bond acceptors (Lipinski definition) is 2. The van der Waals surface area contributed by atoms with Crippen LogP contribution in [0.4, 0.5) is 0 Å². The molecule has 0 aromatic heterocycles. The average Bonchev–Trinajstić information content (AvgIpc) is 1.86. The molecule has 1 radical (unpaired) electrons. The first-order valence-electron chi connectivity index (χ1n) is 2.73. The van der Waals surface area contributed by atoms with Gasteiger partial charge in [0.1, 0.15) is 0 Å². The molecule has 1 atom stereocenters. The van der Waals surface area contributed by atoms with E-state index in [1.807, 2.05) is 0 Å². The third-order valence-electron chi connectivity index (χ3n) is 1.11. The SMILES string of the molecule is O=S(O)(=S)c1ccc(Cl)cc1.[K]. The molecular formula is C6H5ClKO2S2. The van der Waals surface area contributed by atoms with E-state index in [4.69, 9.17) is 16.2 Å². The molecule has 0 amide bonds. The number of benzene rings is 1. The standard InChI is InChI=1S/C6H5ClO2S2.K/c7-5-1-3-6(4-2-5)11(8,9)10;/h1-4H,(H,8,9,10);. The van der Waals surface area contributed by atoms with Crippen LogP contribution in [0.3, 0.4) is 0 Å². The maximum Gasteiger partial charge on any atom is 0.171 e. The fourth-order valence-corrected chi connectivity index (χ4v) is 1.55. The van der Waals surface area contributed by atoms with E-state index in [2.05, 4.69) is 11.2 Å². The molecule has 1 aromatic rings. The molecule has 0 fully saturated rings. The van der Waals surface area contributed by atoms with Gasteiger partial charge in [0.15, 0.2) is 8.77 Å². The van der Waals surface area contributed by atoms with E-state index < -0.39 is 8.77 Å². The molecule has 2 nitrogen and oxygen atoms in total. The quantitative estimate of drug-likeness (QED) is 0.765. The molecule has 6 heteroatoms. The molecule has 0 aliphatic carbocycles. The van der Waals surface area contributed by atoms with E-state index in [0.29, 0.717) is 5.02 Å². The fourth-order valence-electron chi connectivity index (χ4n) is 0.607. The van der Waals surface area contributed by atoms with Gasteiger partial charge in [-0.05, 0) is 24.3 Å². The zero-order chi connectivity index (χ0) is 8.48. The van der Waals surface area contributed by atoms with E-state index in [1.54, 1.807) is 0 Å². The predicted molar refractivity (Wildman–Crippen MR) is 53.6 cm³/mol. The van der Waals surface area contributed by atoms with Crippen LogP contribution in [0.5, 0.6) is 0 Å². The van der Waals surface area contributed by atoms with Crippen molar-refractivity contribution in [2.24, 2.45) is 0 Å². The molecule has 12 heavy (non-hydrogen) atoms. The molecule has 0 aliphatic heterocycles. The maximum atomic E-state index is 10.8. The molecule has 1 unspecified atom stereocenters. The Balaban J connectivity index is 0.00000121. The maximum absolute atomic E-state index is 10.8. The fraction of sp³-hybridized carbons (Fsp3) is 0. The summed E-state index contributed by atoms with van der Waals surface area (Å²) in [5.41, 5.74) is 0. The second-order valence-corrected chi connectivity index (χ2v) is 5.14. The number of halogens is 1. The minimum absolute atomic E-state index is 0. The van der Waals surface area contributed by atoms with Crippen LogP contribution in [0.2, 0.25) is 5.02 Å². The summed E-state index contributed by atoms with van der Waals surface area (Å²) in [5.74, 6) is 0. The Bertz CT molecular complexity index is 346. The van der Waals surface area contributed by atoms with Crippen LogP contribution in [0.1, 0.15) is 0 Å². The van der Waals surface area contributed by atoms with Crippen LogP contribution in [0, 0.1) is 0 Å². The summed E-state index contributed by atoms with van der Waals surface area (Å²) in [5, 5.41) is 0.521. The van der Waals surface area contributed by atoms with Gasteiger partial charge in [-0.15, -0.1) is 0 Å². The van der Waals surface area contributed by atoms with Crippen LogP contribution in [-0.2, 0) is 20.0 Å².